The smallest absolute Gasteiger partial charge is 0.308 e. The van der Waals surface area contributed by atoms with Crippen LogP contribution in [-0.4, -0.2) is 24.0 Å². The fourth-order valence-corrected chi connectivity index (χ4v) is 6.43. The van der Waals surface area contributed by atoms with E-state index in [1.807, 2.05) is 18.2 Å². The standard InChI is InChI=1S/C24H30O6/c1-13(25)28-16-5-6-17-18-9-10-24(4)21(7-8-23(24)30-15(3)27)19(18)12-22(20(17)11-16)29-14(2)26/h5-6,11,18-19,21-23H,7-10,12H2,1-4H3/t18-,19-,21-,22+,23-,24+/m1/s1. The van der Waals surface area contributed by atoms with Gasteiger partial charge in [-0.25, -0.2) is 0 Å². The Balaban J connectivity index is 1.69. The maximum absolute atomic E-state index is 11.8. The highest BCUT2D eigenvalue weighted by atomic mass is 16.5. The van der Waals surface area contributed by atoms with Gasteiger partial charge < -0.3 is 14.2 Å². The SMILES string of the molecule is CC(=O)Oc1ccc2c(c1)[C@@H](OC(C)=O)C[C@@H]1[C@@H]2CC[C@@]2(C)[C@@H]1CC[C@H]2OC(C)=O. The molecule has 0 bridgehead atoms. The number of hydrogen-bond donors (Lipinski definition) is 0. The third-order valence-corrected chi connectivity index (χ3v) is 7.52. The minimum Gasteiger partial charge on any atom is -0.462 e. The van der Waals surface area contributed by atoms with Crippen molar-refractivity contribution in [3.05, 3.63) is 29.3 Å². The van der Waals surface area contributed by atoms with Gasteiger partial charge in [0.25, 0.3) is 0 Å². The topological polar surface area (TPSA) is 78.9 Å². The number of ether oxygens (including phenoxy) is 3. The van der Waals surface area contributed by atoms with Crippen molar-refractivity contribution in [1.82, 2.24) is 0 Å². The van der Waals surface area contributed by atoms with E-state index < -0.39 is 0 Å². The Hall–Kier alpha value is -2.37. The molecule has 3 aliphatic rings. The van der Waals surface area contributed by atoms with Crippen LogP contribution in [0.15, 0.2) is 18.2 Å². The molecule has 0 amide bonds. The quantitative estimate of drug-likeness (QED) is 0.537. The largest absolute Gasteiger partial charge is 0.462 e. The van der Waals surface area contributed by atoms with E-state index in [1.165, 1.54) is 26.3 Å². The fourth-order valence-electron chi connectivity index (χ4n) is 6.43. The molecule has 4 rings (SSSR count). The molecule has 6 atom stereocenters. The Morgan fingerprint density at radius 1 is 0.933 bits per heavy atom. The van der Waals surface area contributed by atoms with Crippen LogP contribution in [0.5, 0.6) is 5.75 Å². The van der Waals surface area contributed by atoms with Gasteiger partial charge in [0.15, 0.2) is 0 Å². The number of carbonyl (C=O) groups excluding carboxylic acids is 3. The van der Waals surface area contributed by atoms with Gasteiger partial charge in [0.2, 0.25) is 0 Å². The summed E-state index contributed by atoms with van der Waals surface area (Å²) in [4.78, 5) is 34.9. The monoisotopic (exact) mass is 414 g/mol. The van der Waals surface area contributed by atoms with Crippen LogP contribution in [0, 0.1) is 17.3 Å². The Morgan fingerprint density at radius 2 is 1.67 bits per heavy atom. The molecule has 3 aliphatic carbocycles. The lowest BCUT2D eigenvalue weighted by Crippen LogP contribution is -2.45. The van der Waals surface area contributed by atoms with Crippen LogP contribution in [0.4, 0.5) is 0 Å². The fraction of sp³-hybridized carbons (Fsp3) is 0.625. The van der Waals surface area contributed by atoms with Crippen LogP contribution in [0.2, 0.25) is 0 Å². The van der Waals surface area contributed by atoms with Crippen molar-refractivity contribution in [2.45, 2.75) is 77.9 Å². The molecule has 2 saturated carbocycles. The second-order valence-corrected chi connectivity index (χ2v) is 9.31. The summed E-state index contributed by atoms with van der Waals surface area (Å²) >= 11 is 0. The van der Waals surface area contributed by atoms with Gasteiger partial charge in [-0.15, -0.1) is 0 Å². The molecule has 162 valence electrons. The first kappa shape index (κ1) is 20.9. The lowest BCUT2D eigenvalue weighted by molar-refractivity contribution is -0.157. The molecule has 1 aromatic carbocycles. The van der Waals surface area contributed by atoms with E-state index in [4.69, 9.17) is 14.2 Å². The van der Waals surface area contributed by atoms with Crippen molar-refractivity contribution in [2.75, 3.05) is 0 Å². The number of carbonyl (C=O) groups is 3. The summed E-state index contributed by atoms with van der Waals surface area (Å²) in [7, 11) is 0. The number of benzene rings is 1. The maximum Gasteiger partial charge on any atom is 0.308 e. The Labute approximate surface area is 177 Å². The zero-order chi connectivity index (χ0) is 21.6. The van der Waals surface area contributed by atoms with Crippen LogP contribution >= 0.6 is 0 Å². The van der Waals surface area contributed by atoms with Gasteiger partial charge in [0.05, 0.1) is 0 Å². The average molecular weight is 414 g/mol. The molecular formula is C24H30O6. The number of rotatable bonds is 3. The van der Waals surface area contributed by atoms with Gasteiger partial charge in [-0.3, -0.25) is 14.4 Å². The summed E-state index contributed by atoms with van der Waals surface area (Å²) in [6, 6.07) is 5.71. The Bertz CT molecular complexity index is 876. The number of hydrogen-bond acceptors (Lipinski definition) is 6. The molecular weight excluding hydrogens is 384 g/mol. The average Bonchev–Trinajstić information content (AvgIpc) is 2.97. The third kappa shape index (κ3) is 3.61. The molecule has 2 fully saturated rings. The van der Waals surface area contributed by atoms with Crippen molar-refractivity contribution in [1.29, 1.82) is 0 Å². The molecule has 6 heteroatoms. The van der Waals surface area contributed by atoms with Crippen molar-refractivity contribution < 1.29 is 28.6 Å². The molecule has 0 aliphatic heterocycles. The predicted molar refractivity (Wildman–Crippen MR) is 109 cm³/mol. The molecule has 0 unspecified atom stereocenters. The lowest BCUT2D eigenvalue weighted by atomic mass is 9.55. The molecule has 0 radical (unpaired) electrons. The minimum atomic E-state index is -0.372. The van der Waals surface area contributed by atoms with Gasteiger partial charge in [0, 0.05) is 26.2 Å². The molecule has 0 aromatic heterocycles. The predicted octanol–water partition coefficient (Wildman–Crippen LogP) is 4.46. The first-order valence-electron chi connectivity index (χ1n) is 10.9. The van der Waals surface area contributed by atoms with Crippen LogP contribution in [0.25, 0.3) is 0 Å². The van der Waals surface area contributed by atoms with E-state index in [9.17, 15) is 14.4 Å². The molecule has 1 aromatic rings. The van der Waals surface area contributed by atoms with E-state index in [1.54, 1.807) is 0 Å². The molecule has 0 N–H and O–H groups in total. The summed E-state index contributed by atoms with van der Waals surface area (Å²) < 4.78 is 16.7. The highest BCUT2D eigenvalue weighted by molar-refractivity contribution is 5.70. The van der Waals surface area contributed by atoms with Crippen LogP contribution in [-0.2, 0) is 23.9 Å². The van der Waals surface area contributed by atoms with Crippen molar-refractivity contribution in [2.24, 2.45) is 17.3 Å². The normalized spacial score (nSPS) is 34.2. The highest BCUT2D eigenvalue weighted by Gasteiger charge is 2.57. The summed E-state index contributed by atoms with van der Waals surface area (Å²) in [5.74, 6) is 0.726. The first-order chi connectivity index (χ1) is 14.2. The summed E-state index contributed by atoms with van der Waals surface area (Å²) in [5.41, 5.74) is 2.10. The minimum absolute atomic E-state index is 0.0389. The molecule has 30 heavy (non-hydrogen) atoms. The second kappa shape index (κ2) is 7.71. The van der Waals surface area contributed by atoms with Crippen molar-refractivity contribution >= 4 is 17.9 Å². The summed E-state index contributed by atoms with van der Waals surface area (Å²) in [6.07, 6.45) is 4.25. The lowest BCUT2D eigenvalue weighted by Gasteiger charge is -2.51. The molecule has 0 saturated heterocycles. The van der Waals surface area contributed by atoms with Crippen molar-refractivity contribution in [3.63, 3.8) is 0 Å². The van der Waals surface area contributed by atoms with Crippen LogP contribution in [0.3, 0.4) is 0 Å². The zero-order valence-corrected chi connectivity index (χ0v) is 18.1. The maximum atomic E-state index is 11.8. The summed E-state index contributed by atoms with van der Waals surface area (Å²) in [6.45, 7) is 6.55. The van der Waals surface area contributed by atoms with Gasteiger partial charge in [-0.05, 0) is 73.1 Å². The van der Waals surface area contributed by atoms with Gasteiger partial charge in [-0.2, -0.15) is 0 Å². The first-order valence-corrected chi connectivity index (χ1v) is 10.9. The van der Waals surface area contributed by atoms with Crippen molar-refractivity contribution in [3.8, 4) is 5.75 Å². The number of fused-ring (bicyclic) bond motifs is 5. The molecule has 6 nitrogen and oxygen atoms in total. The third-order valence-electron chi connectivity index (χ3n) is 7.52. The van der Waals surface area contributed by atoms with E-state index >= 15 is 0 Å². The second-order valence-electron chi connectivity index (χ2n) is 9.31. The Morgan fingerprint density at radius 3 is 2.33 bits per heavy atom. The number of esters is 3. The Kier molecular flexibility index (Phi) is 5.37. The van der Waals surface area contributed by atoms with E-state index in [2.05, 4.69) is 6.92 Å². The molecule has 0 spiro atoms. The molecule has 0 heterocycles. The zero-order valence-electron chi connectivity index (χ0n) is 18.1. The van der Waals surface area contributed by atoms with E-state index in [-0.39, 0.29) is 35.5 Å². The van der Waals surface area contributed by atoms with Crippen LogP contribution in [0.1, 0.15) is 82.9 Å². The van der Waals surface area contributed by atoms with Gasteiger partial charge >= 0.3 is 17.9 Å². The highest BCUT2D eigenvalue weighted by Crippen LogP contribution is 2.63. The van der Waals surface area contributed by atoms with E-state index in [0.29, 0.717) is 23.5 Å². The summed E-state index contributed by atoms with van der Waals surface area (Å²) in [5, 5.41) is 0. The van der Waals surface area contributed by atoms with E-state index in [0.717, 1.165) is 37.7 Å². The van der Waals surface area contributed by atoms with Gasteiger partial charge in [-0.1, -0.05) is 13.0 Å². The van der Waals surface area contributed by atoms with Crippen LogP contribution < -0.4 is 4.74 Å². The van der Waals surface area contributed by atoms with Gasteiger partial charge in [0.1, 0.15) is 18.0 Å².